The Hall–Kier alpha value is -4.06. The molecule has 2 saturated carbocycles. The lowest BCUT2D eigenvalue weighted by molar-refractivity contribution is -0.139. The van der Waals surface area contributed by atoms with Crippen molar-refractivity contribution in [3.05, 3.63) is 77.0 Å². The summed E-state index contributed by atoms with van der Waals surface area (Å²) in [7, 11) is 1.61. The smallest absolute Gasteiger partial charge is 0.421 e. The number of rotatable bonds is 10. The molecule has 12 heteroatoms. The molecule has 252 valence electrons. The number of carbonyl (C=O) groups is 2. The van der Waals surface area contributed by atoms with Crippen molar-refractivity contribution in [1.29, 1.82) is 0 Å². The average Bonchev–Trinajstić information content (AvgIpc) is 3.06. The van der Waals surface area contributed by atoms with Crippen LogP contribution in [0.25, 0.3) is 0 Å². The third kappa shape index (κ3) is 8.27. The number of carbonyl (C=O) groups excluding carboxylic acids is 1. The van der Waals surface area contributed by atoms with Crippen molar-refractivity contribution in [3.8, 4) is 11.6 Å². The van der Waals surface area contributed by atoms with E-state index in [-0.39, 0.29) is 35.6 Å². The Morgan fingerprint density at radius 2 is 1.70 bits per heavy atom. The van der Waals surface area contributed by atoms with Gasteiger partial charge in [-0.15, -0.1) is 0 Å². The SMILES string of the molecule is COC1CCC(N(C(=O)C2CCC(C)CC2)c2cc(F)c(Oc3ncc(CCc4ccccn4)cc3C(F)(F)F)cc2C(=O)O)CC1. The Balaban J connectivity index is 1.47. The van der Waals surface area contributed by atoms with Gasteiger partial charge in [-0.25, -0.2) is 14.2 Å². The van der Waals surface area contributed by atoms with Crippen LogP contribution in [-0.2, 0) is 28.5 Å². The summed E-state index contributed by atoms with van der Waals surface area (Å²) in [5.41, 5.74) is -0.850. The van der Waals surface area contributed by atoms with Crippen LogP contribution in [0.15, 0.2) is 48.8 Å². The van der Waals surface area contributed by atoms with Gasteiger partial charge >= 0.3 is 12.1 Å². The topological polar surface area (TPSA) is 102 Å². The van der Waals surface area contributed by atoms with Gasteiger partial charge < -0.3 is 19.5 Å². The average molecular weight is 658 g/mol. The summed E-state index contributed by atoms with van der Waals surface area (Å²) in [6.07, 6.45) is 3.82. The maximum absolute atomic E-state index is 15.8. The van der Waals surface area contributed by atoms with Crippen molar-refractivity contribution in [2.24, 2.45) is 11.8 Å². The van der Waals surface area contributed by atoms with E-state index in [0.29, 0.717) is 56.6 Å². The fourth-order valence-electron chi connectivity index (χ4n) is 6.57. The summed E-state index contributed by atoms with van der Waals surface area (Å²) in [6.45, 7) is 2.12. The number of alkyl halides is 3. The van der Waals surface area contributed by atoms with Crippen LogP contribution in [0.4, 0.5) is 23.2 Å². The third-order valence-corrected chi connectivity index (χ3v) is 9.30. The van der Waals surface area contributed by atoms with Gasteiger partial charge in [0.2, 0.25) is 11.8 Å². The molecule has 47 heavy (non-hydrogen) atoms. The van der Waals surface area contributed by atoms with Gasteiger partial charge in [-0.05, 0) is 93.9 Å². The maximum Gasteiger partial charge on any atom is 0.421 e. The van der Waals surface area contributed by atoms with Crippen molar-refractivity contribution < 1.29 is 41.7 Å². The zero-order valence-corrected chi connectivity index (χ0v) is 26.4. The zero-order chi connectivity index (χ0) is 33.7. The molecule has 0 unspecified atom stereocenters. The fourth-order valence-corrected chi connectivity index (χ4v) is 6.57. The number of carboxylic acids is 1. The summed E-state index contributed by atoms with van der Waals surface area (Å²) < 4.78 is 69.1. The summed E-state index contributed by atoms with van der Waals surface area (Å²) in [5.74, 6) is -4.38. The lowest BCUT2D eigenvalue weighted by Gasteiger charge is -2.40. The Kier molecular flexibility index (Phi) is 10.8. The van der Waals surface area contributed by atoms with Gasteiger partial charge in [-0.2, -0.15) is 13.2 Å². The molecule has 0 saturated heterocycles. The highest BCUT2D eigenvalue weighted by Crippen LogP contribution is 2.41. The maximum atomic E-state index is 15.8. The van der Waals surface area contributed by atoms with E-state index in [1.165, 1.54) is 11.1 Å². The molecule has 8 nitrogen and oxygen atoms in total. The van der Waals surface area contributed by atoms with Gasteiger partial charge in [-0.3, -0.25) is 9.78 Å². The number of aryl methyl sites for hydroxylation is 2. The first-order valence-electron chi connectivity index (χ1n) is 16.0. The van der Waals surface area contributed by atoms with Crippen LogP contribution in [0.1, 0.15) is 85.5 Å². The number of benzene rings is 1. The molecular formula is C35H39F4N3O5. The molecule has 2 aliphatic rings. The van der Waals surface area contributed by atoms with Gasteiger partial charge in [0, 0.05) is 49.3 Å². The predicted octanol–water partition coefficient (Wildman–Crippen LogP) is 8.03. The van der Waals surface area contributed by atoms with E-state index in [9.17, 15) is 27.9 Å². The van der Waals surface area contributed by atoms with E-state index in [0.717, 1.165) is 31.0 Å². The predicted molar refractivity (Wildman–Crippen MR) is 166 cm³/mol. The van der Waals surface area contributed by atoms with Crippen LogP contribution in [0.5, 0.6) is 11.6 Å². The first-order valence-corrected chi connectivity index (χ1v) is 16.0. The number of ether oxygens (including phenoxy) is 2. The minimum atomic E-state index is -4.89. The molecule has 0 radical (unpaired) electrons. The Labute approximate surface area is 271 Å². The monoisotopic (exact) mass is 657 g/mol. The normalized spacial score (nSPS) is 21.7. The van der Waals surface area contributed by atoms with Crippen molar-refractivity contribution in [1.82, 2.24) is 9.97 Å². The number of anilines is 1. The number of carboxylic acid groups (broad SMARTS) is 1. The van der Waals surface area contributed by atoms with Crippen LogP contribution in [0, 0.1) is 17.7 Å². The van der Waals surface area contributed by atoms with E-state index in [2.05, 4.69) is 16.9 Å². The van der Waals surface area contributed by atoms with Crippen LogP contribution in [0.2, 0.25) is 0 Å². The number of hydrogen-bond acceptors (Lipinski definition) is 6. The molecule has 2 heterocycles. The molecule has 2 aromatic heterocycles. The van der Waals surface area contributed by atoms with Crippen molar-refractivity contribution in [2.75, 3.05) is 12.0 Å². The first kappa shape index (κ1) is 34.3. The number of aromatic nitrogens is 2. The number of nitrogens with zero attached hydrogens (tertiary/aromatic N) is 3. The highest BCUT2D eigenvalue weighted by molar-refractivity contribution is 6.03. The summed E-state index contributed by atoms with van der Waals surface area (Å²) >= 11 is 0. The number of aromatic carboxylic acids is 1. The number of methoxy groups -OCH3 is 1. The molecule has 0 bridgehead atoms. The minimum absolute atomic E-state index is 0.00177. The lowest BCUT2D eigenvalue weighted by Crippen LogP contribution is -2.47. The molecule has 2 aliphatic carbocycles. The molecular weight excluding hydrogens is 618 g/mol. The summed E-state index contributed by atoms with van der Waals surface area (Å²) in [6, 6.07) is 7.50. The Bertz CT molecular complexity index is 1550. The van der Waals surface area contributed by atoms with E-state index < -0.39 is 46.8 Å². The van der Waals surface area contributed by atoms with Crippen LogP contribution < -0.4 is 9.64 Å². The highest BCUT2D eigenvalue weighted by Gasteiger charge is 2.39. The third-order valence-electron chi connectivity index (χ3n) is 9.30. The quantitative estimate of drug-likeness (QED) is 0.220. The van der Waals surface area contributed by atoms with Gasteiger partial charge in [0.25, 0.3) is 0 Å². The molecule has 0 atom stereocenters. The van der Waals surface area contributed by atoms with E-state index in [1.54, 1.807) is 31.5 Å². The lowest BCUT2D eigenvalue weighted by atomic mass is 9.81. The fraction of sp³-hybridized carbons (Fsp3) is 0.486. The number of pyridine rings is 2. The molecule has 3 aromatic rings. The van der Waals surface area contributed by atoms with Gasteiger partial charge in [0.1, 0.15) is 5.56 Å². The second kappa shape index (κ2) is 14.8. The standard InChI is InChI=1S/C35H39F4N3O5/c1-21-6-9-23(10-7-21)33(43)42(25-12-14-26(46-2)15-13-25)30-19-29(36)31(18-27(30)34(44)45)47-32-28(35(37,38)39)17-22(20-41-32)8-11-24-5-3-4-16-40-24/h3-5,16-21,23,25-26H,6-15H2,1-2H3,(H,44,45). The Morgan fingerprint density at radius 3 is 2.32 bits per heavy atom. The van der Waals surface area contributed by atoms with E-state index >= 15 is 4.39 Å². The zero-order valence-electron chi connectivity index (χ0n) is 26.4. The number of amides is 1. The highest BCUT2D eigenvalue weighted by atomic mass is 19.4. The molecule has 0 spiro atoms. The summed E-state index contributed by atoms with van der Waals surface area (Å²) in [5, 5.41) is 10.2. The summed E-state index contributed by atoms with van der Waals surface area (Å²) in [4.78, 5) is 36.1. The van der Waals surface area contributed by atoms with Gasteiger partial charge in [-0.1, -0.05) is 13.0 Å². The van der Waals surface area contributed by atoms with Gasteiger partial charge in [0.05, 0.1) is 17.4 Å². The van der Waals surface area contributed by atoms with Crippen molar-refractivity contribution in [2.45, 2.75) is 89.5 Å². The Morgan fingerprint density at radius 1 is 0.979 bits per heavy atom. The molecule has 1 aromatic carbocycles. The second-order valence-corrected chi connectivity index (χ2v) is 12.6. The molecule has 1 N–H and O–H groups in total. The van der Waals surface area contributed by atoms with Crippen LogP contribution in [0.3, 0.4) is 0 Å². The number of hydrogen-bond donors (Lipinski definition) is 1. The minimum Gasteiger partial charge on any atom is -0.478 e. The van der Waals surface area contributed by atoms with Crippen molar-refractivity contribution >= 4 is 17.6 Å². The molecule has 0 aliphatic heterocycles. The van der Waals surface area contributed by atoms with Crippen LogP contribution >= 0.6 is 0 Å². The first-order chi connectivity index (χ1) is 22.4. The van der Waals surface area contributed by atoms with E-state index in [1.807, 2.05) is 0 Å². The second-order valence-electron chi connectivity index (χ2n) is 12.6. The largest absolute Gasteiger partial charge is 0.478 e. The van der Waals surface area contributed by atoms with Crippen molar-refractivity contribution in [3.63, 3.8) is 0 Å². The van der Waals surface area contributed by atoms with E-state index in [4.69, 9.17) is 9.47 Å². The van der Waals surface area contributed by atoms with Crippen LogP contribution in [-0.4, -0.2) is 46.2 Å². The number of halogens is 4. The van der Waals surface area contributed by atoms with Gasteiger partial charge in [0.15, 0.2) is 11.6 Å². The molecule has 1 amide bonds. The molecule has 5 rings (SSSR count). The molecule has 2 fully saturated rings.